The molecule has 1 N–H and O–H groups in total. The van der Waals surface area contributed by atoms with Gasteiger partial charge in [-0.25, -0.2) is 14.7 Å². The van der Waals surface area contributed by atoms with Crippen LogP contribution in [0.4, 0.5) is 22.9 Å². The zero-order valence-corrected chi connectivity index (χ0v) is 24.0. The first kappa shape index (κ1) is 25.9. The number of benzene rings is 4. The second-order valence-corrected chi connectivity index (χ2v) is 10.4. The third-order valence-electron chi connectivity index (χ3n) is 7.47. The van der Waals surface area contributed by atoms with Gasteiger partial charge in [0.2, 0.25) is 0 Å². The summed E-state index contributed by atoms with van der Waals surface area (Å²) in [5.41, 5.74) is 6.41. The summed E-state index contributed by atoms with van der Waals surface area (Å²) in [6.45, 7) is 2.03. The van der Waals surface area contributed by atoms with Crippen LogP contribution in [0.1, 0.15) is 22.9 Å². The first-order chi connectivity index (χ1) is 20.6. The molecular weight excluding hydrogens is 548 g/mol. The van der Waals surface area contributed by atoms with Crippen LogP contribution in [0.3, 0.4) is 0 Å². The van der Waals surface area contributed by atoms with E-state index in [2.05, 4.69) is 22.3 Å². The lowest BCUT2D eigenvalue weighted by Crippen LogP contribution is -2.46. The highest BCUT2D eigenvalue weighted by Gasteiger charge is 2.41. The molecule has 2 aliphatic rings. The Bertz CT molecular complexity index is 1860. The Kier molecular flexibility index (Phi) is 6.40. The van der Waals surface area contributed by atoms with Crippen LogP contribution in [0.5, 0.6) is 11.5 Å². The standard InChI is InChI=1S/C33H27ClN6O2/c1-20-29-30(21-13-18-27(41-2)28(19-21)42-3)39-26-12-8-7-11-25(26)36-31(35-23-16-14-22(34)15-17-23)33(39)37-32(29)40(38-20)24-9-5-4-6-10-24/h4-19,30H,1-3H3,(H,35,36). The number of nitrogens with one attached hydrogen (secondary N) is 1. The van der Waals surface area contributed by atoms with Crippen molar-refractivity contribution in [3.05, 3.63) is 119 Å². The van der Waals surface area contributed by atoms with E-state index in [1.54, 1.807) is 14.2 Å². The molecule has 1 aromatic heterocycles. The molecule has 208 valence electrons. The molecule has 0 saturated carbocycles. The van der Waals surface area contributed by atoms with Gasteiger partial charge in [-0.15, -0.1) is 0 Å². The molecule has 5 aromatic rings. The minimum atomic E-state index is -0.288. The van der Waals surface area contributed by atoms with Gasteiger partial charge in [0, 0.05) is 16.3 Å². The second-order valence-electron chi connectivity index (χ2n) is 9.97. The summed E-state index contributed by atoms with van der Waals surface area (Å²) in [6, 6.07) is 31.4. The zero-order chi connectivity index (χ0) is 28.8. The number of nitrogens with zero attached hydrogens (tertiary/aromatic N) is 5. The van der Waals surface area contributed by atoms with E-state index in [0.717, 1.165) is 45.4 Å². The summed E-state index contributed by atoms with van der Waals surface area (Å²) in [5, 5.41) is 9.16. The van der Waals surface area contributed by atoms with Crippen LogP contribution < -0.4 is 19.7 Å². The van der Waals surface area contributed by atoms with Gasteiger partial charge in [-0.1, -0.05) is 48.0 Å². The fourth-order valence-electron chi connectivity index (χ4n) is 5.56. The van der Waals surface area contributed by atoms with E-state index < -0.39 is 0 Å². The van der Waals surface area contributed by atoms with Gasteiger partial charge in [-0.05, 0) is 73.2 Å². The highest BCUT2D eigenvalue weighted by Crippen LogP contribution is 2.49. The first-order valence-corrected chi connectivity index (χ1v) is 13.9. The summed E-state index contributed by atoms with van der Waals surface area (Å²) in [6.07, 6.45) is 0. The predicted octanol–water partition coefficient (Wildman–Crippen LogP) is 7.65. The summed E-state index contributed by atoms with van der Waals surface area (Å²) in [7, 11) is 3.29. The zero-order valence-electron chi connectivity index (χ0n) is 23.2. The largest absolute Gasteiger partial charge is 0.493 e. The Labute approximate surface area is 248 Å². The minimum Gasteiger partial charge on any atom is -0.493 e. The fourth-order valence-corrected chi connectivity index (χ4v) is 5.68. The van der Waals surface area contributed by atoms with E-state index in [4.69, 9.17) is 36.2 Å². The first-order valence-electron chi connectivity index (χ1n) is 13.5. The Balaban J connectivity index is 1.50. The predicted molar refractivity (Wildman–Crippen MR) is 168 cm³/mol. The molecule has 1 unspecified atom stereocenters. The van der Waals surface area contributed by atoms with Crippen LogP contribution in [-0.4, -0.2) is 35.7 Å². The summed E-state index contributed by atoms with van der Waals surface area (Å²) >= 11 is 6.18. The molecule has 8 nitrogen and oxygen atoms in total. The van der Waals surface area contributed by atoms with Gasteiger partial charge in [0.05, 0.1) is 43.0 Å². The molecule has 0 saturated heterocycles. The summed E-state index contributed by atoms with van der Waals surface area (Å²) in [4.78, 5) is 12.6. The quantitative estimate of drug-likeness (QED) is 0.233. The van der Waals surface area contributed by atoms with E-state index in [0.29, 0.717) is 28.2 Å². The van der Waals surface area contributed by atoms with Gasteiger partial charge >= 0.3 is 0 Å². The van der Waals surface area contributed by atoms with Crippen LogP contribution >= 0.6 is 11.6 Å². The lowest BCUT2D eigenvalue weighted by molar-refractivity contribution is 0.354. The SMILES string of the molecule is COc1ccc(C2c3c(C)nn(-c4ccccc4)c3N=C3C(Nc4ccc(Cl)cc4)=Nc4ccccc4N32)cc1OC. The topological polar surface area (TPSA) is 76.3 Å². The molecule has 9 heteroatoms. The molecule has 42 heavy (non-hydrogen) atoms. The Morgan fingerprint density at radius 3 is 2.31 bits per heavy atom. The maximum atomic E-state index is 6.18. The molecule has 0 radical (unpaired) electrons. The fraction of sp³-hybridized carbons (Fsp3) is 0.121. The molecule has 3 heterocycles. The Hall–Kier alpha value is -5.08. The van der Waals surface area contributed by atoms with Crippen molar-refractivity contribution >= 4 is 46.2 Å². The number of hydrogen-bond donors (Lipinski definition) is 1. The summed E-state index contributed by atoms with van der Waals surface area (Å²) < 4.78 is 13.2. The normalized spacial score (nSPS) is 15.1. The smallest absolute Gasteiger partial charge is 0.179 e. The van der Waals surface area contributed by atoms with Crippen molar-refractivity contribution in [3.8, 4) is 17.2 Å². The van der Waals surface area contributed by atoms with E-state index >= 15 is 0 Å². The van der Waals surface area contributed by atoms with Crippen molar-refractivity contribution in [2.24, 2.45) is 9.98 Å². The van der Waals surface area contributed by atoms with Crippen molar-refractivity contribution in [1.82, 2.24) is 9.78 Å². The number of hydrogen-bond acceptors (Lipinski definition) is 7. The van der Waals surface area contributed by atoms with Crippen LogP contribution in [0.2, 0.25) is 5.02 Å². The molecule has 4 aromatic carbocycles. The second kappa shape index (κ2) is 10.4. The van der Waals surface area contributed by atoms with Gasteiger partial charge in [0.15, 0.2) is 29.0 Å². The average molecular weight is 575 g/mol. The lowest BCUT2D eigenvalue weighted by atomic mass is 9.93. The Morgan fingerprint density at radius 1 is 0.810 bits per heavy atom. The Morgan fingerprint density at radius 2 is 1.55 bits per heavy atom. The van der Waals surface area contributed by atoms with E-state index in [1.165, 1.54) is 0 Å². The van der Waals surface area contributed by atoms with Crippen LogP contribution in [0, 0.1) is 6.92 Å². The number of amidine groups is 2. The minimum absolute atomic E-state index is 0.288. The number of anilines is 2. The number of halogens is 1. The number of para-hydroxylation sites is 3. The van der Waals surface area contributed by atoms with E-state index in [9.17, 15) is 0 Å². The highest BCUT2D eigenvalue weighted by molar-refractivity contribution is 6.51. The summed E-state index contributed by atoms with van der Waals surface area (Å²) in [5.74, 6) is 3.34. The van der Waals surface area contributed by atoms with Crippen LogP contribution in [-0.2, 0) is 0 Å². The molecule has 2 aliphatic heterocycles. The van der Waals surface area contributed by atoms with Crippen molar-refractivity contribution in [3.63, 3.8) is 0 Å². The maximum absolute atomic E-state index is 6.18. The number of methoxy groups -OCH3 is 2. The number of aromatic nitrogens is 2. The van der Waals surface area contributed by atoms with Gasteiger partial charge in [-0.2, -0.15) is 5.10 Å². The van der Waals surface area contributed by atoms with Crippen molar-refractivity contribution in [2.75, 3.05) is 24.4 Å². The molecule has 0 bridgehead atoms. The highest BCUT2D eigenvalue weighted by atomic mass is 35.5. The average Bonchev–Trinajstić information content (AvgIpc) is 3.37. The third-order valence-corrected chi connectivity index (χ3v) is 7.72. The van der Waals surface area contributed by atoms with Crippen LogP contribution in [0.25, 0.3) is 5.69 Å². The third kappa shape index (κ3) is 4.28. The van der Waals surface area contributed by atoms with E-state index in [1.807, 2.05) is 96.5 Å². The number of ether oxygens (including phenoxy) is 2. The van der Waals surface area contributed by atoms with Gasteiger partial charge in [0.25, 0.3) is 0 Å². The van der Waals surface area contributed by atoms with E-state index in [-0.39, 0.29) is 6.04 Å². The van der Waals surface area contributed by atoms with Crippen molar-refractivity contribution < 1.29 is 9.47 Å². The van der Waals surface area contributed by atoms with Gasteiger partial charge in [0.1, 0.15) is 0 Å². The number of fused-ring (bicyclic) bond motifs is 4. The van der Waals surface area contributed by atoms with Gasteiger partial charge < -0.3 is 19.7 Å². The molecule has 1 atom stereocenters. The van der Waals surface area contributed by atoms with Crippen LogP contribution in [0.15, 0.2) is 107 Å². The lowest BCUT2D eigenvalue weighted by Gasteiger charge is -2.40. The van der Waals surface area contributed by atoms with Crippen molar-refractivity contribution in [1.29, 1.82) is 0 Å². The molecule has 0 amide bonds. The molecule has 0 fully saturated rings. The molecule has 0 aliphatic carbocycles. The van der Waals surface area contributed by atoms with Gasteiger partial charge in [-0.3, -0.25) is 0 Å². The number of rotatable bonds is 5. The molecule has 0 spiro atoms. The number of aryl methyl sites for hydroxylation is 1. The number of aliphatic imine (C=N–C) groups is 2. The molecular formula is C33H27ClN6O2. The van der Waals surface area contributed by atoms with Crippen molar-refractivity contribution in [2.45, 2.75) is 13.0 Å². The maximum Gasteiger partial charge on any atom is 0.179 e. The monoisotopic (exact) mass is 574 g/mol. The molecule has 7 rings (SSSR count).